The smallest absolute Gasteiger partial charge is 0.221 e. The third-order valence-electron chi connectivity index (χ3n) is 3.76. The second kappa shape index (κ2) is 6.89. The van der Waals surface area contributed by atoms with Crippen LogP contribution in [0.2, 0.25) is 0 Å². The Balaban J connectivity index is 1.95. The van der Waals surface area contributed by atoms with Crippen molar-refractivity contribution in [1.82, 2.24) is 4.90 Å². The minimum atomic E-state index is -3.29. The van der Waals surface area contributed by atoms with Crippen molar-refractivity contribution in [2.24, 2.45) is 11.7 Å². The monoisotopic (exact) mass is 374 g/mol. The minimum absolute atomic E-state index is 0.0557. The molecule has 1 unspecified atom stereocenters. The topological polar surface area (TPSA) is 80.5 Å². The maximum absolute atomic E-state index is 12.3. The maximum Gasteiger partial charge on any atom is 0.221 e. The number of carbonyl (C=O) groups excluding carboxylic acids is 1. The van der Waals surface area contributed by atoms with Crippen molar-refractivity contribution in [1.29, 1.82) is 0 Å². The number of nitrogens with zero attached hydrogens (tertiary/aromatic N) is 1. The average Bonchev–Trinajstić information content (AvgIpc) is 2.46. The van der Waals surface area contributed by atoms with Gasteiger partial charge < -0.3 is 10.6 Å². The summed E-state index contributed by atoms with van der Waals surface area (Å²) in [6, 6.07) is 6.64. The lowest BCUT2D eigenvalue weighted by atomic mass is 9.98. The van der Waals surface area contributed by atoms with E-state index in [2.05, 4.69) is 15.9 Å². The van der Waals surface area contributed by atoms with Crippen LogP contribution in [0.4, 0.5) is 0 Å². The van der Waals surface area contributed by atoms with Crippen LogP contribution in [0.15, 0.2) is 33.6 Å². The Morgan fingerprint density at radius 3 is 2.62 bits per heavy atom. The van der Waals surface area contributed by atoms with E-state index in [9.17, 15) is 13.2 Å². The van der Waals surface area contributed by atoms with E-state index in [1.165, 1.54) is 0 Å². The summed E-state index contributed by atoms with van der Waals surface area (Å²) in [5, 5.41) is 0. The first-order valence-electron chi connectivity index (χ1n) is 6.88. The zero-order valence-corrected chi connectivity index (χ0v) is 14.1. The molecule has 1 aliphatic rings. The Kier molecular flexibility index (Phi) is 5.40. The van der Waals surface area contributed by atoms with Crippen LogP contribution in [0.5, 0.6) is 0 Å². The Morgan fingerprint density at radius 1 is 1.33 bits per heavy atom. The molecule has 1 aliphatic heterocycles. The van der Waals surface area contributed by atoms with Gasteiger partial charge in [-0.3, -0.25) is 4.79 Å². The van der Waals surface area contributed by atoms with Gasteiger partial charge in [-0.05, 0) is 43.7 Å². The second-order valence-electron chi connectivity index (χ2n) is 5.31. The van der Waals surface area contributed by atoms with E-state index < -0.39 is 9.84 Å². The Morgan fingerprint density at radius 2 is 2.00 bits per heavy atom. The molecular formula is C14H19BrN2O3S. The molecule has 5 nitrogen and oxygen atoms in total. The number of rotatable bonds is 5. The van der Waals surface area contributed by atoms with Gasteiger partial charge in [-0.1, -0.05) is 15.9 Å². The minimum Gasteiger partial charge on any atom is -0.369 e. The van der Waals surface area contributed by atoms with Gasteiger partial charge in [0.1, 0.15) is 0 Å². The molecule has 0 aliphatic carbocycles. The van der Waals surface area contributed by atoms with Crippen molar-refractivity contribution in [2.45, 2.75) is 17.7 Å². The number of likely N-dealkylation sites (tertiary alicyclic amines) is 1. The number of hydrogen-bond donors (Lipinski definition) is 1. The standard InChI is InChI=1S/C14H19BrN2O3S/c15-12-3-5-13(6-4-12)21(19,20)9-8-17-7-1-2-11(10-17)14(16)18/h3-6,11H,1-2,7-10H2,(H2,16,18). The van der Waals surface area contributed by atoms with Gasteiger partial charge >= 0.3 is 0 Å². The van der Waals surface area contributed by atoms with Gasteiger partial charge in [-0.25, -0.2) is 8.42 Å². The Hall–Kier alpha value is -0.920. The first-order chi connectivity index (χ1) is 9.88. The first-order valence-corrected chi connectivity index (χ1v) is 9.33. The largest absolute Gasteiger partial charge is 0.369 e. The van der Waals surface area contributed by atoms with Gasteiger partial charge in [0.2, 0.25) is 5.91 Å². The number of nitrogens with two attached hydrogens (primary N) is 1. The summed E-state index contributed by atoms with van der Waals surface area (Å²) >= 11 is 3.29. The van der Waals surface area contributed by atoms with Gasteiger partial charge in [-0.2, -0.15) is 0 Å². The number of primary amides is 1. The average molecular weight is 375 g/mol. The fourth-order valence-corrected chi connectivity index (χ4v) is 4.05. The molecule has 7 heteroatoms. The Labute approximate surface area is 133 Å². The van der Waals surface area contributed by atoms with Crippen LogP contribution in [0.1, 0.15) is 12.8 Å². The van der Waals surface area contributed by atoms with Gasteiger partial charge in [0.05, 0.1) is 16.6 Å². The van der Waals surface area contributed by atoms with Crippen LogP contribution in [-0.2, 0) is 14.6 Å². The molecule has 0 radical (unpaired) electrons. The molecule has 0 spiro atoms. The van der Waals surface area contributed by atoms with E-state index in [4.69, 9.17) is 5.73 Å². The number of hydrogen-bond acceptors (Lipinski definition) is 4. The van der Waals surface area contributed by atoms with Crippen LogP contribution >= 0.6 is 15.9 Å². The quantitative estimate of drug-likeness (QED) is 0.844. The van der Waals surface area contributed by atoms with E-state index in [1.54, 1.807) is 24.3 Å². The molecule has 0 saturated carbocycles. The molecular weight excluding hydrogens is 356 g/mol. The van der Waals surface area contributed by atoms with Crippen LogP contribution in [-0.4, -0.2) is 44.6 Å². The van der Waals surface area contributed by atoms with Crippen molar-refractivity contribution in [3.63, 3.8) is 0 Å². The van der Waals surface area contributed by atoms with Crippen LogP contribution < -0.4 is 5.73 Å². The molecule has 0 aromatic heterocycles. The molecule has 2 N–H and O–H groups in total. The Bertz CT molecular complexity index is 601. The van der Waals surface area contributed by atoms with Gasteiger partial charge in [0.15, 0.2) is 9.84 Å². The number of amides is 1. The second-order valence-corrected chi connectivity index (χ2v) is 8.34. The highest BCUT2D eigenvalue weighted by Gasteiger charge is 2.25. The summed E-state index contributed by atoms with van der Waals surface area (Å²) in [5.74, 6) is -0.398. The van der Waals surface area contributed by atoms with Crippen molar-refractivity contribution < 1.29 is 13.2 Å². The first kappa shape index (κ1) is 16.5. The summed E-state index contributed by atoms with van der Waals surface area (Å²) in [6.07, 6.45) is 1.68. The lowest BCUT2D eigenvalue weighted by Gasteiger charge is -2.30. The van der Waals surface area contributed by atoms with Crippen LogP contribution in [0.3, 0.4) is 0 Å². The fourth-order valence-electron chi connectivity index (χ4n) is 2.50. The highest BCUT2D eigenvalue weighted by atomic mass is 79.9. The molecule has 1 saturated heterocycles. The number of sulfone groups is 1. The lowest BCUT2D eigenvalue weighted by molar-refractivity contribution is -0.123. The predicted octanol–water partition coefficient (Wildman–Crippen LogP) is 1.42. The molecule has 116 valence electrons. The summed E-state index contributed by atoms with van der Waals surface area (Å²) in [5.41, 5.74) is 5.33. The third-order valence-corrected chi connectivity index (χ3v) is 6.00. The number of halogens is 1. The fraction of sp³-hybridized carbons (Fsp3) is 0.500. The number of carbonyl (C=O) groups is 1. The highest BCUT2D eigenvalue weighted by molar-refractivity contribution is 9.10. The van der Waals surface area contributed by atoms with Crippen molar-refractivity contribution >= 4 is 31.7 Å². The van der Waals surface area contributed by atoms with Crippen LogP contribution in [0.25, 0.3) is 0 Å². The normalized spacial score (nSPS) is 20.3. The predicted molar refractivity (Wildman–Crippen MR) is 84.6 cm³/mol. The molecule has 1 heterocycles. The highest BCUT2D eigenvalue weighted by Crippen LogP contribution is 2.18. The molecule has 0 bridgehead atoms. The lowest BCUT2D eigenvalue weighted by Crippen LogP contribution is -2.42. The van der Waals surface area contributed by atoms with E-state index >= 15 is 0 Å². The van der Waals surface area contributed by atoms with E-state index in [-0.39, 0.29) is 17.6 Å². The van der Waals surface area contributed by atoms with E-state index in [1.807, 2.05) is 4.90 Å². The maximum atomic E-state index is 12.3. The van der Waals surface area contributed by atoms with Crippen molar-refractivity contribution in [3.05, 3.63) is 28.7 Å². The molecule has 1 aromatic carbocycles. The molecule has 1 fully saturated rings. The molecule has 1 aromatic rings. The molecule has 21 heavy (non-hydrogen) atoms. The van der Waals surface area contributed by atoms with Crippen molar-refractivity contribution in [3.8, 4) is 0 Å². The van der Waals surface area contributed by atoms with Crippen molar-refractivity contribution in [2.75, 3.05) is 25.4 Å². The van der Waals surface area contributed by atoms with E-state index in [0.29, 0.717) is 18.0 Å². The summed E-state index contributed by atoms with van der Waals surface area (Å²) in [7, 11) is -3.29. The molecule has 2 rings (SSSR count). The summed E-state index contributed by atoms with van der Waals surface area (Å²) < 4.78 is 25.4. The van der Waals surface area contributed by atoms with Gasteiger partial charge in [0.25, 0.3) is 0 Å². The van der Waals surface area contributed by atoms with Crippen LogP contribution in [0, 0.1) is 5.92 Å². The van der Waals surface area contributed by atoms with Gasteiger partial charge in [0, 0.05) is 17.6 Å². The molecule has 1 amide bonds. The zero-order chi connectivity index (χ0) is 15.5. The number of piperidine rings is 1. The molecule has 1 atom stereocenters. The zero-order valence-electron chi connectivity index (χ0n) is 11.7. The SMILES string of the molecule is NC(=O)C1CCCN(CCS(=O)(=O)c2ccc(Br)cc2)C1. The number of benzene rings is 1. The van der Waals surface area contributed by atoms with E-state index in [0.717, 1.165) is 23.9 Å². The third kappa shape index (κ3) is 4.52. The summed E-state index contributed by atoms with van der Waals surface area (Å²) in [4.78, 5) is 13.6. The summed E-state index contributed by atoms with van der Waals surface area (Å²) in [6.45, 7) is 1.81. The van der Waals surface area contributed by atoms with Gasteiger partial charge in [-0.15, -0.1) is 0 Å².